The Labute approximate surface area is 112 Å². The van der Waals surface area contributed by atoms with Crippen molar-refractivity contribution in [2.75, 3.05) is 0 Å². The van der Waals surface area contributed by atoms with E-state index < -0.39 is 18.4 Å². The molecule has 0 unspecified atom stereocenters. The van der Waals surface area contributed by atoms with Crippen LogP contribution < -0.4 is 0 Å². The molecule has 0 heterocycles. The van der Waals surface area contributed by atoms with E-state index >= 15 is 0 Å². The van der Waals surface area contributed by atoms with Gasteiger partial charge < -0.3 is 35.3 Å². The van der Waals surface area contributed by atoms with E-state index in [-0.39, 0.29) is 49.6 Å². The minimum atomic E-state index is -1.31. The van der Waals surface area contributed by atoms with Crippen molar-refractivity contribution in [2.24, 2.45) is 0 Å². The normalized spacial score (nSPS) is 4.53. The first-order valence-electron chi connectivity index (χ1n) is 2.20. The van der Waals surface area contributed by atoms with Gasteiger partial charge in [-0.05, 0) is 0 Å². The van der Waals surface area contributed by atoms with Crippen LogP contribution in [-0.4, -0.2) is 32.4 Å². The van der Waals surface area contributed by atoms with Gasteiger partial charge in [0.2, 0.25) is 0 Å². The van der Waals surface area contributed by atoms with Crippen LogP contribution in [0.3, 0.4) is 0 Å². The summed E-state index contributed by atoms with van der Waals surface area (Å²) in [6, 6.07) is 0. The van der Waals surface area contributed by atoms with Crippen LogP contribution in [-0.2, 0) is 44.3 Å². The fourth-order valence-electron chi connectivity index (χ4n) is 0.129. The molecule has 8 heteroatoms. The quantitative estimate of drug-likeness (QED) is 0.442. The smallest absolute Gasteiger partial charge is 0.569 e. The average Bonchev–Trinajstić information content (AvgIpc) is 1.93. The zero-order valence-corrected chi connectivity index (χ0v) is 11.1. The Morgan fingerprint density at radius 2 is 0.933 bits per heavy atom. The Kier molecular flexibility index (Phi) is 149. The number of aliphatic carboxylic acids is 2. The number of hydrogen-bond donors (Lipinski definition) is 4. The molecule has 4 N–H and O–H groups in total. The molecule has 0 spiro atoms. The second-order valence-corrected chi connectivity index (χ2v) is 0.964. The number of carboxylic acids is 2. The average molecular weight is 300 g/mol. The van der Waals surface area contributed by atoms with Crippen molar-refractivity contribution in [3.05, 3.63) is 29.1 Å². The van der Waals surface area contributed by atoms with Crippen molar-refractivity contribution in [1.82, 2.24) is 0 Å². The Balaban J connectivity index is -0.0000000145. The molecular formula is C7H16Cr2O6. The standard InChI is InChI=1S/C3H4O4.2CH3O.2CH3.2Cr/c4-2(5)1-3(6)7;2*1-2;;;;/h1H2,(H,4,5)(H,6,7);2*2H,1H2;2*1H3;;/q;4*-1;2*+2. The Hall–Kier alpha value is -0.0751. The maximum atomic E-state index is 9.43. The fraction of sp³-hybridized carbons (Fsp3) is 0.143. The molecule has 0 radical (unpaired) electrons. The van der Waals surface area contributed by atoms with Gasteiger partial charge in [-0.25, -0.2) is 14.2 Å². The number of rotatable bonds is 2. The van der Waals surface area contributed by atoms with Crippen LogP contribution in [0.4, 0.5) is 0 Å². The second-order valence-electron chi connectivity index (χ2n) is 0.964. The summed E-state index contributed by atoms with van der Waals surface area (Å²) in [6.07, 6.45) is -0.806. The van der Waals surface area contributed by atoms with Gasteiger partial charge in [-0.1, -0.05) is 0 Å². The van der Waals surface area contributed by atoms with Crippen LogP contribution in [0, 0.1) is 29.1 Å². The van der Waals surface area contributed by atoms with Gasteiger partial charge in [0.1, 0.15) is 6.42 Å². The molecule has 92 valence electrons. The third-order valence-electron chi connectivity index (χ3n) is 0.302. The van der Waals surface area contributed by atoms with E-state index in [1.165, 1.54) is 0 Å². The van der Waals surface area contributed by atoms with E-state index in [9.17, 15) is 9.59 Å². The topological polar surface area (TPSA) is 115 Å². The van der Waals surface area contributed by atoms with Gasteiger partial charge in [0.15, 0.2) is 0 Å². The molecule has 0 saturated carbocycles. The predicted molar refractivity (Wildman–Crippen MR) is 47.3 cm³/mol. The molecule has 15 heavy (non-hydrogen) atoms. The van der Waals surface area contributed by atoms with Crippen molar-refractivity contribution < 1.29 is 64.7 Å². The van der Waals surface area contributed by atoms with Crippen molar-refractivity contribution in [1.29, 1.82) is 0 Å². The monoisotopic (exact) mass is 300 g/mol. The van der Waals surface area contributed by atoms with E-state index in [0.717, 1.165) is 0 Å². The first-order chi connectivity index (χ1) is 5.13. The van der Waals surface area contributed by atoms with E-state index in [0.29, 0.717) is 0 Å². The fourth-order valence-corrected chi connectivity index (χ4v) is 0.129. The molecule has 0 saturated heterocycles. The summed E-state index contributed by atoms with van der Waals surface area (Å²) in [4.78, 5) is 18.9. The maximum Gasteiger partial charge on any atom is 2.00 e. The van der Waals surface area contributed by atoms with E-state index in [2.05, 4.69) is 14.2 Å². The summed E-state index contributed by atoms with van der Waals surface area (Å²) in [5.74, 6) is -2.62. The molecule has 0 atom stereocenters. The Morgan fingerprint density at radius 1 is 0.800 bits per heavy atom. The molecule has 6 nitrogen and oxygen atoms in total. The van der Waals surface area contributed by atoms with Gasteiger partial charge in [-0.2, -0.15) is 0 Å². The molecule has 0 aromatic heterocycles. The summed E-state index contributed by atoms with van der Waals surface area (Å²) in [5, 5.41) is 28.9. The van der Waals surface area contributed by atoms with Gasteiger partial charge in [-0.15, -0.1) is 0 Å². The van der Waals surface area contributed by atoms with Gasteiger partial charge in [-0.3, -0.25) is 9.59 Å². The van der Waals surface area contributed by atoms with E-state index in [1.54, 1.807) is 0 Å². The number of carbonyl (C=O) groups is 2. The third kappa shape index (κ3) is 129. The Morgan fingerprint density at radius 3 is 0.933 bits per heavy atom. The zero-order valence-electron chi connectivity index (χ0n) is 8.54. The van der Waals surface area contributed by atoms with Crippen LogP contribution in [0.1, 0.15) is 6.42 Å². The van der Waals surface area contributed by atoms with Crippen LogP contribution in [0.25, 0.3) is 0 Å². The minimum absolute atomic E-state index is 0. The molecule has 0 aliphatic rings. The molecule has 0 aromatic carbocycles. The van der Waals surface area contributed by atoms with Crippen LogP contribution in [0.2, 0.25) is 0 Å². The summed E-state index contributed by atoms with van der Waals surface area (Å²) in [5.41, 5.74) is 0. The van der Waals surface area contributed by atoms with Gasteiger partial charge in [0.25, 0.3) is 0 Å². The summed E-state index contributed by atoms with van der Waals surface area (Å²) in [6.45, 7) is 0. The minimum Gasteiger partial charge on any atom is -0.569 e. The summed E-state index contributed by atoms with van der Waals surface area (Å²) < 4.78 is 0. The van der Waals surface area contributed by atoms with E-state index in [4.69, 9.17) is 20.4 Å². The number of aliphatic hydroxyl groups excluding tert-OH is 2. The van der Waals surface area contributed by atoms with Gasteiger partial charge >= 0.3 is 46.7 Å². The van der Waals surface area contributed by atoms with Crippen molar-refractivity contribution in [3.63, 3.8) is 0 Å². The maximum absolute atomic E-state index is 9.43. The van der Waals surface area contributed by atoms with Crippen molar-refractivity contribution >= 4 is 11.9 Å². The SMILES string of the molecule is O=C(O)CC(=O)O.[CH2-]O.[CH2-]O.[CH3-].[CH3-].[Cr+2].[Cr+2]. The first-order valence-corrected chi connectivity index (χ1v) is 2.20. The van der Waals surface area contributed by atoms with E-state index in [1.807, 2.05) is 0 Å². The number of hydrogen-bond acceptors (Lipinski definition) is 4. The van der Waals surface area contributed by atoms with Crippen LogP contribution in [0.15, 0.2) is 0 Å². The number of carboxylic acid groups (broad SMARTS) is 2. The number of aliphatic hydroxyl groups is 2. The molecule has 0 aliphatic carbocycles. The van der Waals surface area contributed by atoms with Gasteiger partial charge in [0, 0.05) is 0 Å². The Bertz CT molecular complexity index is 97.7. The first kappa shape index (κ1) is 46.1. The molecule has 0 amide bonds. The molecule has 0 fully saturated rings. The molecule has 0 aliphatic heterocycles. The zero-order chi connectivity index (χ0) is 9.86. The van der Waals surface area contributed by atoms with Crippen LogP contribution >= 0.6 is 0 Å². The predicted octanol–water partition coefficient (Wildman–Crippen LogP) is 0.742. The second kappa shape index (κ2) is 48.5. The van der Waals surface area contributed by atoms with Crippen molar-refractivity contribution in [3.8, 4) is 0 Å². The molecule has 0 aromatic rings. The summed E-state index contributed by atoms with van der Waals surface area (Å²) >= 11 is 0. The van der Waals surface area contributed by atoms with Crippen molar-refractivity contribution in [2.45, 2.75) is 6.42 Å². The largest absolute Gasteiger partial charge is 2.00 e. The van der Waals surface area contributed by atoms with Crippen LogP contribution in [0.5, 0.6) is 0 Å². The molecular weight excluding hydrogens is 284 g/mol. The summed E-state index contributed by atoms with van der Waals surface area (Å²) in [7, 11) is 4.50. The molecule has 0 bridgehead atoms. The molecule has 0 rings (SSSR count). The van der Waals surface area contributed by atoms with Gasteiger partial charge in [0.05, 0.1) is 0 Å². The third-order valence-corrected chi connectivity index (χ3v) is 0.302.